The second kappa shape index (κ2) is 6.87. The summed E-state index contributed by atoms with van der Waals surface area (Å²) in [5, 5.41) is 0. The van der Waals surface area contributed by atoms with Crippen LogP contribution in [0.15, 0.2) is 89.9 Å². The molecular formula is C23H15N3OS. The average molecular weight is 381 g/mol. The number of aromatic nitrogens is 3. The lowest BCUT2D eigenvalue weighted by molar-refractivity contribution is 1.15. The Morgan fingerprint density at radius 2 is 1.50 bits per heavy atom. The summed E-state index contributed by atoms with van der Waals surface area (Å²) in [4.78, 5) is 25.3. The van der Waals surface area contributed by atoms with Gasteiger partial charge in [-0.25, -0.2) is 4.98 Å². The van der Waals surface area contributed by atoms with Gasteiger partial charge >= 0.3 is 0 Å². The van der Waals surface area contributed by atoms with Crippen molar-refractivity contribution in [2.24, 2.45) is 0 Å². The number of H-pyrrole nitrogens is 1. The first-order valence-electron chi connectivity index (χ1n) is 8.89. The number of hydrogen-bond acceptors (Lipinski definition) is 4. The van der Waals surface area contributed by atoms with Gasteiger partial charge in [-0.1, -0.05) is 60.7 Å². The Bertz CT molecular complexity index is 1310. The third kappa shape index (κ3) is 3.02. The SMILES string of the molecule is O=c1[nH]c(-c2ccccn2)nc2cc(-c3ccc(-c4ccccc4)cc3)sc12. The van der Waals surface area contributed by atoms with E-state index in [-0.39, 0.29) is 5.56 Å². The van der Waals surface area contributed by atoms with Crippen LogP contribution in [0, 0.1) is 0 Å². The highest BCUT2D eigenvalue weighted by molar-refractivity contribution is 7.22. The van der Waals surface area contributed by atoms with E-state index in [0.717, 1.165) is 10.4 Å². The number of hydrogen-bond donors (Lipinski definition) is 1. The summed E-state index contributed by atoms with van der Waals surface area (Å²) >= 11 is 1.46. The largest absolute Gasteiger partial charge is 0.304 e. The zero-order chi connectivity index (χ0) is 18.9. The van der Waals surface area contributed by atoms with Gasteiger partial charge in [-0.05, 0) is 34.9 Å². The smallest absolute Gasteiger partial charge is 0.269 e. The molecule has 5 rings (SSSR count). The van der Waals surface area contributed by atoms with Gasteiger partial charge in [-0.3, -0.25) is 9.78 Å². The van der Waals surface area contributed by atoms with Gasteiger partial charge < -0.3 is 4.98 Å². The molecule has 0 unspecified atom stereocenters. The Morgan fingerprint density at radius 3 is 2.25 bits per heavy atom. The molecule has 4 nitrogen and oxygen atoms in total. The topological polar surface area (TPSA) is 58.6 Å². The van der Waals surface area contributed by atoms with Gasteiger partial charge in [-0.15, -0.1) is 11.3 Å². The van der Waals surface area contributed by atoms with Crippen LogP contribution in [0.4, 0.5) is 0 Å². The molecule has 0 radical (unpaired) electrons. The van der Waals surface area contributed by atoms with Crippen LogP contribution in [0.3, 0.4) is 0 Å². The molecular weight excluding hydrogens is 366 g/mol. The third-order valence-corrected chi connectivity index (χ3v) is 5.74. The Morgan fingerprint density at radius 1 is 0.786 bits per heavy atom. The zero-order valence-corrected chi connectivity index (χ0v) is 15.6. The molecule has 0 aliphatic heterocycles. The van der Waals surface area contributed by atoms with Crippen molar-refractivity contribution in [2.45, 2.75) is 0 Å². The number of rotatable bonds is 3. The highest BCUT2D eigenvalue weighted by atomic mass is 32.1. The van der Waals surface area contributed by atoms with Crippen molar-refractivity contribution in [3.05, 3.63) is 95.4 Å². The molecule has 2 aromatic carbocycles. The first kappa shape index (κ1) is 16.6. The minimum atomic E-state index is -0.136. The fourth-order valence-electron chi connectivity index (χ4n) is 3.16. The van der Waals surface area contributed by atoms with Crippen LogP contribution >= 0.6 is 11.3 Å². The maximum Gasteiger partial charge on any atom is 0.269 e. The molecule has 28 heavy (non-hydrogen) atoms. The summed E-state index contributed by atoms with van der Waals surface area (Å²) in [6, 6.07) is 26.2. The zero-order valence-electron chi connectivity index (χ0n) is 14.8. The van der Waals surface area contributed by atoms with Crippen molar-refractivity contribution in [3.63, 3.8) is 0 Å². The van der Waals surface area contributed by atoms with Gasteiger partial charge in [0.1, 0.15) is 10.4 Å². The highest BCUT2D eigenvalue weighted by Crippen LogP contribution is 2.32. The van der Waals surface area contributed by atoms with Gasteiger partial charge in [0, 0.05) is 11.1 Å². The van der Waals surface area contributed by atoms with Crippen LogP contribution in [0.5, 0.6) is 0 Å². The second-order valence-electron chi connectivity index (χ2n) is 6.40. The van der Waals surface area contributed by atoms with Crippen LogP contribution in [0.25, 0.3) is 43.3 Å². The molecule has 1 N–H and O–H groups in total. The van der Waals surface area contributed by atoms with Crippen LogP contribution in [-0.4, -0.2) is 15.0 Å². The average Bonchev–Trinajstić information content (AvgIpc) is 3.20. The van der Waals surface area contributed by atoms with Gasteiger partial charge in [0.25, 0.3) is 5.56 Å². The van der Waals surface area contributed by atoms with E-state index in [9.17, 15) is 4.79 Å². The van der Waals surface area contributed by atoms with Gasteiger partial charge in [0.2, 0.25) is 0 Å². The number of pyridine rings is 1. The fourth-order valence-corrected chi connectivity index (χ4v) is 4.16. The molecule has 0 saturated carbocycles. The Balaban J connectivity index is 1.55. The quantitative estimate of drug-likeness (QED) is 0.456. The van der Waals surface area contributed by atoms with E-state index < -0.39 is 0 Å². The Labute approximate surface area is 165 Å². The maximum atomic E-state index is 12.5. The van der Waals surface area contributed by atoms with E-state index in [1.165, 1.54) is 22.5 Å². The molecule has 0 saturated heterocycles. The van der Waals surface area contributed by atoms with Crippen molar-refractivity contribution in [1.29, 1.82) is 0 Å². The van der Waals surface area contributed by atoms with Crippen LogP contribution in [-0.2, 0) is 0 Å². The molecule has 0 bridgehead atoms. The lowest BCUT2D eigenvalue weighted by Gasteiger charge is -2.02. The second-order valence-corrected chi connectivity index (χ2v) is 7.45. The summed E-state index contributed by atoms with van der Waals surface area (Å²) < 4.78 is 0.627. The third-order valence-electron chi connectivity index (χ3n) is 4.57. The molecule has 5 heteroatoms. The highest BCUT2D eigenvalue weighted by Gasteiger charge is 2.12. The van der Waals surface area contributed by atoms with Crippen molar-refractivity contribution >= 4 is 21.6 Å². The Kier molecular flexibility index (Phi) is 4.07. The minimum absolute atomic E-state index is 0.136. The molecule has 0 atom stereocenters. The van der Waals surface area contributed by atoms with E-state index in [0.29, 0.717) is 21.7 Å². The predicted octanol–water partition coefficient (Wildman–Crippen LogP) is 5.38. The molecule has 0 fully saturated rings. The summed E-state index contributed by atoms with van der Waals surface area (Å²) in [7, 11) is 0. The van der Waals surface area contributed by atoms with Crippen LogP contribution in [0.2, 0.25) is 0 Å². The summed E-state index contributed by atoms with van der Waals surface area (Å²) in [6.07, 6.45) is 1.69. The number of aromatic amines is 1. The molecule has 0 aliphatic carbocycles. The van der Waals surface area contributed by atoms with E-state index in [1.54, 1.807) is 6.20 Å². The number of thiophene rings is 1. The lowest BCUT2D eigenvalue weighted by atomic mass is 10.0. The maximum absolute atomic E-state index is 12.5. The summed E-state index contributed by atoms with van der Waals surface area (Å²) in [5.74, 6) is 0.488. The van der Waals surface area contributed by atoms with Crippen molar-refractivity contribution < 1.29 is 0 Å². The van der Waals surface area contributed by atoms with Crippen molar-refractivity contribution in [2.75, 3.05) is 0 Å². The molecule has 3 aromatic heterocycles. The number of nitrogens with one attached hydrogen (secondary N) is 1. The summed E-state index contributed by atoms with van der Waals surface area (Å²) in [5.41, 5.74) is 4.63. The van der Waals surface area contributed by atoms with Crippen LogP contribution in [0.1, 0.15) is 0 Å². The fraction of sp³-hybridized carbons (Fsp3) is 0. The summed E-state index contributed by atoms with van der Waals surface area (Å²) in [6.45, 7) is 0. The van der Waals surface area contributed by atoms with E-state index in [4.69, 9.17) is 0 Å². The van der Waals surface area contributed by atoms with Gasteiger partial charge in [-0.2, -0.15) is 0 Å². The van der Waals surface area contributed by atoms with Gasteiger partial charge in [0.15, 0.2) is 5.82 Å². The molecule has 0 amide bonds. The molecule has 3 heterocycles. The van der Waals surface area contributed by atoms with E-state index >= 15 is 0 Å². The van der Waals surface area contributed by atoms with Gasteiger partial charge in [0.05, 0.1) is 5.52 Å². The minimum Gasteiger partial charge on any atom is -0.304 e. The first-order valence-corrected chi connectivity index (χ1v) is 9.71. The Hall–Kier alpha value is -3.57. The lowest BCUT2D eigenvalue weighted by Crippen LogP contribution is -2.07. The molecule has 0 spiro atoms. The monoisotopic (exact) mass is 381 g/mol. The molecule has 5 aromatic rings. The number of benzene rings is 2. The number of nitrogens with zero attached hydrogens (tertiary/aromatic N) is 2. The van der Waals surface area contributed by atoms with Crippen molar-refractivity contribution in [1.82, 2.24) is 15.0 Å². The van der Waals surface area contributed by atoms with Crippen LogP contribution < -0.4 is 5.56 Å². The molecule has 0 aliphatic rings. The normalized spacial score (nSPS) is 11.0. The molecule has 134 valence electrons. The standard InChI is InChI=1S/C23H15N3OS/c27-23-21-19(25-22(26-23)18-8-4-5-13-24-18)14-20(28-21)17-11-9-16(10-12-17)15-6-2-1-3-7-15/h1-14H,(H,25,26,27). The van der Waals surface area contributed by atoms with E-state index in [2.05, 4.69) is 51.4 Å². The van der Waals surface area contributed by atoms with E-state index in [1.807, 2.05) is 42.5 Å². The predicted molar refractivity (Wildman–Crippen MR) is 114 cm³/mol. The number of fused-ring (bicyclic) bond motifs is 1. The first-order chi connectivity index (χ1) is 13.8. The van der Waals surface area contributed by atoms with Crippen molar-refractivity contribution in [3.8, 4) is 33.1 Å².